The van der Waals surface area contributed by atoms with Crippen LogP contribution in [-0.2, 0) is 0 Å². The first-order chi connectivity index (χ1) is 10.2. The molecule has 0 atom stereocenters. The van der Waals surface area contributed by atoms with Crippen molar-refractivity contribution < 1.29 is 4.74 Å². The van der Waals surface area contributed by atoms with Crippen molar-refractivity contribution in [2.24, 2.45) is 0 Å². The third-order valence-electron chi connectivity index (χ3n) is 3.40. The van der Waals surface area contributed by atoms with Gasteiger partial charge in [0.15, 0.2) is 5.82 Å². The number of nitrogens with zero attached hydrogens (tertiary/aromatic N) is 3. The van der Waals surface area contributed by atoms with Crippen molar-refractivity contribution in [3.8, 4) is 22.8 Å². The van der Waals surface area contributed by atoms with E-state index in [4.69, 9.17) is 4.74 Å². The quantitative estimate of drug-likeness (QED) is 0.736. The lowest BCUT2D eigenvalue weighted by Gasteiger charge is -2.09. The van der Waals surface area contributed by atoms with Gasteiger partial charge in [-0.25, -0.2) is 9.67 Å². The van der Waals surface area contributed by atoms with Crippen molar-refractivity contribution >= 4 is 0 Å². The van der Waals surface area contributed by atoms with E-state index >= 15 is 0 Å². The lowest BCUT2D eigenvalue weighted by molar-refractivity contribution is 0.412. The molecular formula is C17H17N3O. The van der Waals surface area contributed by atoms with Crippen molar-refractivity contribution in [3.05, 3.63) is 59.9 Å². The first-order valence-corrected chi connectivity index (χ1v) is 6.82. The molecule has 0 unspecified atom stereocenters. The fraction of sp³-hybridized carbons (Fsp3) is 0.176. The van der Waals surface area contributed by atoms with Gasteiger partial charge in [0.2, 0.25) is 0 Å². The second kappa shape index (κ2) is 5.40. The van der Waals surface area contributed by atoms with Crippen molar-refractivity contribution in [3.63, 3.8) is 0 Å². The molecule has 0 bridgehead atoms. The Morgan fingerprint density at radius 3 is 2.62 bits per heavy atom. The maximum atomic E-state index is 5.41. The molecule has 3 rings (SSSR count). The van der Waals surface area contributed by atoms with E-state index in [0.29, 0.717) is 0 Å². The number of pyridine rings is 1. The molecule has 0 aliphatic rings. The Kier molecular flexibility index (Phi) is 3.44. The molecule has 0 saturated carbocycles. The van der Waals surface area contributed by atoms with Gasteiger partial charge in [0.1, 0.15) is 5.75 Å². The number of aryl methyl sites for hydroxylation is 2. The maximum Gasteiger partial charge on any atom is 0.153 e. The van der Waals surface area contributed by atoms with Crippen molar-refractivity contribution in [2.45, 2.75) is 13.8 Å². The van der Waals surface area contributed by atoms with Crippen LogP contribution in [0.4, 0.5) is 0 Å². The van der Waals surface area contributed by atoms with Gasteiger partial charge in [-0.2, -0.15) is 5.10 Å². The van der Waals surface area contributed by atoms with E-state index in [9.17, 15) is 0 Å². The van der Waals surface area contributed by atoms with Gasteiger partial charge >= 0.3 is 0 Å². The number of benzene rings is 1. The fourth-order valence-electron chi connectivity index (χ4n) is 2.34. The van der Waals surface area contributed by atoms with E-state index in [-0.39, 0.29) is 0 Å². The summed E-state index contributed by atoms with van der Waals surface area (Å²) in [5.41, 5.74) is 4.13. The second-order valence-electron chi connectivity index (χ2n) is 4.96. The number of hydrogen-bond donors (Lipinski definition) is 0. The summed E-state index contributed by atoms with van der Waals surface area (Å²) in [5.74, 6) is 1.68. The standard InChI is InChI=1S/C17H17N3O/c1-12-7-8-14(11-16(12)21-3)15-10-13(2)19-20(15)17-6-4-5-9-18-17/h4-11H,1-3H3. The van der Waals surface area contributed by atoms with Gasteiger partial charge in [0.25, 0.3) is 0 Å². The molecule has 0 fully saturated rings. The fourth-order valence-corrected chi connectivity index (χ4v) is 2.34. The molecular weight excluding hydrogens is 262 g/mol. The van der Waals surface area contributed by atoms with Crippen LogP contribution in [0, 0.1) is 13.8 Å². The highest BCUT2D eigenvalue weighted by Crippen LogP contribution is 2.28. The SMILES string of the molecule is COc1cc(-c2cc(C)nn2-c2ccccn2)ccc1C. The molecule has 0 N–H and O–H groups in total. The molecule has 21 heavy (non-hydrogen) atoms. The van der Waals surface area contributed by atoms with E-state index in [0.717, 1.165) is 34.1 Å². The summed E-state index contributed by atoms with van der Waals surface area (Å²) in [4.78, 5) is 4.38. The van der Waals surface area contributed by atoms with Crippen LogP contribution in [-0.4, -0.2) is 21.9 Å². The van der Waals surface area contributed by atoms with Crippen molar-refractivity contribution in [1.29, 1.82) is 0 Å². The topological polar surface area (TPSA) is 39.9 Å². The number of hydrogen-bond acceptors (Lipinski definition) is 3. The molecule has 0 saturated heterocycles. The summed E-state index contributed by atoms with van der Waals surface area (Å²) in [6, 6.07) is 14.0. The maximum absolute atomic E-state index is 5.41. The Labute approximate surface area is 124 Å². The second-order valence-corrected chi connectivity index (χ2v) is 4.96. The van der Waals surface area contributed by atoms with Crippen LogP contribution in [0.2, 0.25) is 0 Å². The zero-order chi connectivity index (χ0) is 14.8. The molecule has 2 aromatic heterocycles. The van der Waals surface area contributed by atoms with Gasteiger partial charge in [-0.15, -0.1) is 0 Å². The normalized spacial score (nSPS) is 10.6. The number of aromatic nitrogens is 3. The molecule has 3 aromatic rings. The van der Waals surface area contributed by atoms with E-state index in [2.05, 4.69) is 28.3 Å². The molecule has 0 radical (unpaired) electrons. The summed E-state index contributed by atoms with van der Waals surface area (Å²) < 4.78 is 7.27. The molecule has 4 heteroatoms. The Balaban J connectivity index is 2.15. The monoisotopic (exact) mass is 279 g/mol. The third-order valence-corrected chi connectivity index (χ3v) is 3.40. The molecule has 4 nitrogen and oxygen atoms in total. The minimum absolute atomic E-state index is 0.806. The number of ether oxygens (including phenoxy) is 1. The van der Waals surface area contributed by atoms with Gasteiger partial charge in [0.05, 0.1) is 18.5 Å². The van der Waals surface area contributed by atoms with Crippen LogP contribution in [0.3, 0.4) is 0 Å². The lowest BCUT2D eigenvalue weighted by atomic mass is 10.1. The number of methoxy groups -OCH3 is 1. The lowest BCUT2D eigenvalue weighted by Crippen LogP contribution is -2.01. The Bertz CT molecular complexity index is 763. The van der Waals surface area contributed by atoms with Gasteiger partial charge < -0.3 is 4.74 Å². The highest BCUT2D eigenvalue weighted by atomic mass is 16.5. The van der Waals surface area contributed by atoms with Crippen LogP contribution in [0.1, 0.15) is 11.3 Å². The summed E-state index contributed by atoms with van der Waals surface area (Å²) in [6.45, 7) is 4.01. The van der Waals surface area contributed by atoms with Crippen molar-refractivity contribution in [2.75, 3.05) is 7.11 Å². The van der Waals surface area contributed by atoms with Crippen LogP contribution in [0.25, 0.3) is 17.1 Å². The zero-order valence-electron chi connectivity index (χ0n) is 12.4. The smallest absolute Gasteiger partial charge is 0.153 e. The van der Waals surface area contributed by atoms with Gasteiger partial charge in [-0.3, -0.25) is 0 Å². The molecule has 1 aromatic carbocycles. The molecule has 0 spiro atoms. The minimum atomic E-state index is 0.806. The van der Waals surface area contributed by atoms with E-state index < -0.39 is 0 Å². The molecule has 0 amide bonds. The average molecular weight is 279 g/mol. The predicted octanol–water partition coefficient (Wildman–Crippen LogP) is 3.56. The first kappa shape index (κ1) is 13.4. The Hall–Kier alpha value is -2.62. The highest BCUT2D eigenvalue weighted by Gasteiger charge is 2.12. The molecule has 106 valence electrons. The van der Waals surface area contributed by atoms with Gasteiger partial charge in [0, 0.05) is 11.8 Å². The minimum Gasteiger partial charge on any atom is -0.496 e. The van der Waals surface area contributed by atoms with Crippen LogP contribution in [0.5, 0.6) is 5.75 Å². The summed E-state index contributed by atoms with van der Waals surface area (Å²) in [5, 5.41) is 4.55. The Morgan fingerprint density at radius 1 is 1.05 bits per heavy atom. The zero-order valence-corrected chi connectivity index (χ0v) is 12.4. The largest absolute Gasteiger partial charge is 0.496 e. The number of rotatable bonds is 3. The Morgan fingerprint density at radius 2 is 1.90 bits per heavy atom. The van der Waals surface area contributed by atoms with E-state index in [1.807, 2.05) is 42.8 Å². The summed E-state index contributed by atoms with van der Waals surface area (Å²) in [7, 11) is 1.69. The predicted molar refractivity (Wildman–Crippen MR) is 82.8 cm³/mol. The van der Waals surface area contributed by atoms with Crippen LogP contribution < -0.4 is 4.74 Å². The van der Waals surface area contributed by atoms with E-state index in [1.54, 1.807) is 13.3 Å². The van der Waals surface area contributed by atoms with E-state index in [1.165, 1.54) is 0 Å². The average Bonchev–Trinajstić information content (AvgIpc) is 2.90. The highest BCUT2D eigenvalue weighted by molar-refractivity contribution is 5.65. The van der Waals surface area contributed by atoms with Gasteiger partial charge in [-0.1, -0.05) is 18.2 Å². The summed E-state index contributed by atoms with van der Waals surface area (Å²) in [6.07, 6.45) is 1.77. The first-order valence-electron chi connectivity index (χ1n) is 6.82. The molecule has 0 aliphatic heterocycles. The van der Waals surface area contributed by atoms with Crippen LogP contribution in [0.15, 0.2) is 48.7 Å². The molecule has 2 heterocycles. The van der Waals surface area contributed by atoms with Crippen molar-refractivity contribution in [1.82, 2.24) is 14.8 Å². The van der Waals surface area contributed by atoms with Gasteiger partial charge in [-0.05, 0) is 43.7 Å². The summed E-state index contributed by atoms with van der Waals surface area (Å²) >= 11 is 0. The van der Waals surface area contributed by atoms with Crippen LogP contribution >= 0.6 is 0 Å². The molecule has 0 aliphatic carbocycles. The third kappa shape index (κ3) is 2.52.